The van der Waals surface area contributed by atoms with E-state index in [4.69, 9.17) is 0 Å². The minimum Gasteiger partial charge on any atom is -0.248 e. The summed E-state index contributed by atoms with van der Waals surface area (Å²) in [6.45, 7) is 6.06. The van der Waals surface area contributed by atoms with Crippen LogP contribution in [0.15, 0.2) is 24.4 Å². The van der Waals surface area contributed by atoms with Crippen molar-refractivity contribution < 1.29 is 8.78 Å². The summed E-state index contributed by atoms with van der Waals surface area (Å²) in [5, 5.41) is 7.90. The third-order valence-corrected chi connectivity index (χ3v) is 2.69. The highest BCUT2D eigenvalue weighted by atomic mass is 19.1. The summed E-state index contributed by atoms with van der Waals surface area (Å²) in [4.78, 5) is 0. The van der Waals surface area contributed by atoms with E-state index >= 15 is 0 Å². The van der Waals surface area contributed by atoms with E-state index < -0.39 is 11.6 Å². The molecule has 2 aromatic rings. The van der Waals surface area contributed by atoms with Crippen LogP contribution in [0.3, 0.4) is 0 Å². The van der Waals surface area contributed by atoms with Gasteiger partial charge in [0, 0.05) is 17.2 Å². The van der Waals surface area contributed by atoms with Gasteiger partial charge in [0.2, 0.25) is 0 Å². The lowest BCUT2D eigenvalue weighted by Gasteiger charge is -2.13. The number of hydrogen-bond donors (Lipinski definition) is 0. The Balaban J connectivity index is 2.27. The standard InChI is InChI=1S/C13H15F2N3/c1-13(2,3)12-8-18(17-16-12)7-9-10(14)5-4-6-11(9)15/h4-6,8H,7H2,1-3H3. The first-order valence-electron chi connectivity index (χ1n) is 5.71. The molecule has 0 spiro atoms. The van der Waals surface area contributed by atoms with Crippen molar-refractivity contribution >= 4 is 0 Å². The van der Waals surface area contributed by atoms with Gasteiger partial charge in [-0.2, -0.15) is 0 Å². The molecule has 0 bridgehead atoms. The molecule has 0 N–H and O–H groups in total. The van der Waals surface area contributed by atoms with Crippen LogP contribution >= 0.6 is 0 Å². The second-order valence-electron chi connectivity index (χ2n) is 5.25. The molecule has 3 nitrogen and oxygen atoms in total. The molecule has 1 heterocycles. The summed E-state index contributed by atoms with van der Waals surface area (Å²) in [5.74, 6) is -1.13. The van der Waals surface area contributed by atoms with Gasteiger partial charge >= 0.3 is 0 Å². The number of benzene rings is 1. The lowest BCUT2D eigenvalue weighted by atomic mass is 9.93. The van der Waals surface area contributed by atoms with Gasteiger partial charge in [-0.3, -0.25) is 0 Å². The zero-order chi connectivity index (χ0) is 13.3. The molecule has 0 saturated carbocycles. The third-order valence-electron chi connectivity index (χ3n) is 2.69. The first-order valence-corrected chi connectivity index (χ1v) is 5.71. The lowest BCUT2D eigenvalue weighted by molar-refractivity contribution is 0.527. The number of rotatable bonds is 2. The SMILES string of the molecule is CC(C)(C)c1cn(Cc2c(F)cccc2F)nn1. The van der Waals surface area contributed by atoms with Gasteiger partial charge in [0.05, 0.1) is 12.2 Å². The molecule has 5 heteroatoms. The van der Waals surface area contributed by atoms with Crippen LogP contribution in [0.5, 0.6) is 0 Å². The Morgan fingerprint density at radius 1 is 1.17 bits per heavy atom. The summed E-state index contributed by atoms with van der Waals surface area (Å²) >= 11 is 0. The van der Waals surface area contributed by atoms with Crippen LogP contribution in [0, 0.1) is 11.6 Å². The Labute approximate surface area is 104 Å². The van der Waals surface area contributed by atoms with Crippen LogP contribution in [0.1, 0.15) is 32.0 Å². The van der Waals surface area contributed by atoms with E-state index in [0.717, 1.165) is 5.69 Å². The maximum absolute atomic E-state index is 13.5. The van der Waals surface area contributed by atoms with Crippen molar-refractivity contribution in [2.75, 3.05) is 0 Å². The molecule has 1 aromatic carbocycles. The molecule has 0 atom stereocenters. The highest BCUT2D eigenvalue weighted by Gasteiger charge is 2.18. The van der Waals surface area contributed by atoms with E-state index in [1.54, 1.807) is 6.20 Å². The van der Waals surface area contributed by atoms with E-state index in [0.29, 0.717) is 0 Å². The van der Waals surface area contributed by atoms with Crippen LogP contribution in [0.25, 0.3) is 0 Å². The summed E-state index contributed by atoms with van der Waals surface area (Å²) < 4.78 is 28.4. The van der Waals surface area contributed by atoms with Crippen molar-refractivity contribution in [3.05, 3.63) is 47.3 Å². The first-order chi connectivity index (χ1) is 8.38. The van der Waals surface area contributed by atoms with Gasteiger partial charge < -0.3 is 0 Å². The summed E-state index contributed by atoms with van der Waals surface area (Å²) in [7, 11) is 0. The molecule has 96 valence electrons. The van der Waals surface area contributed by atoms with E-state index in [2.05, 4.69) is 10.3 Å². The second-order valence-corrected chi connectivity index (χ2v) is 5.25. The van der Waals surface area contributed by atoms with Crippen LogP contribution in [0.4, 0.5) is 8.78 Å². The fourth-order valence-corrected chi connectivity index (χ4v) is 1.56. The van der Waals surface area contributed by atoms with Crippen LogP contribution in [0.2, 0.25) is 0 Å². The van der Waals surface area contributed by atoms with Crippen molar-refractivity contribution in [1.82, 2.24) is 15.0 Å². The molecule has 0 amide bonds. The zero-order valence-corrected chi connectivity index (χ0v) is 10.6. The van der Waals surface area contributed by atoms with E-state index in [1.165, 1.54) is 22.9 Å². The Morgan fingerprint density at radius 3 is 2.28 bits per heavy atom. The molecule has 0 aliphatic carbocycles. The van der Waals surface area contributed by atoms with Crippen molar-refractivity contribution in [2.24, 2.45) is 0 Å². The highest BCUT2D eigenvalue weighted by molar-refractivity contribution is 5.20. The van der Waals surface area contributed by atoms with E-state index in [-0.39, 0.29) is 17.5 Å². The predicted molar refractivity (Wildman–Crippen MR) is 64.2 cm³/mol. The molecule has 0 fully saturated rings. The number of nitrogens with zero attached hydrogens (tertiary/aromatic N) is 3. The predicted octanol–water partition coefficient (Wildman–Crippen LogP) is 2.90. The smallest absolute Gasteiger partial charge is 0.131 e. The maximum atomic E-state index is 13.5. The molecule has 2 rings (SSSR count). The second kappa shape index (κ2) is 4.48. The van der Waals surface area contributed by atoms with Crippen molar-refractivity contribution in [3.63, 3.8) is 0 Å². The Kier molecular flexibility index (Phi) is 3.15. The average molecular weight is 251 g/mol. The summed E-state index contributed by atoms with van der Waals surface area (Å²) in [5.41, 5.74) is 0.661. The monoisotopic (exact) mass is 251 g/mol. The van der Waals surface area contributed by atoms with Crippen molar-refractivity contribution in [1.29, 1.82) is 0 Å². The molecular weight excluding hydrogens is 236 g/mol. The first kappa shape index (κ1) is 12.7. The number of hydrogen-bond acceptors (Lipinski definition) is 2. The fraction of sp³-hybridized carbons (Fsp3) is 0.385. The number of aromatic nitrogens is 3. The Hall–Kier alpha value is -1.78. The largest absolute Gasteiger partial charge is 0.248 e. The van der Waals surface area contributed by atoms with Crippen LogP contribution in [-0.2, 0) is 12.0 Å². The van der Waals surface area contributed by atoms with Crippen LogP contribution < -0.4 is 0 Å². The van der Waals surface area contributed by atoms with Crippen molar-refractivity contribution in [3.8, 4) is 0 Å². The number of halogens is 2. The van der Waals surface area contributed by atoms with Gasteiger partial charge in [-0.1, -0.05) is 32.1 Å². The minimum atomic E-state index is -0.567. The van der Waals surface area contributed by atoms with Gasteiger partial charge in [0.15, 0.2) is 0 Å². The van der Waals surface area contributed by atoms with Gasteiger partial charge in [0.1, 0.15) is 11.6 Å². The third kappa shape index (κ3) is 2.55. The Morgan fingerprint density at radius 2 is 1.78 bits per heavy atom. The Bertz CT molecular complexity index is 535. The normalized spacial score (nSPS) is 11.8. The van der Waals surface area contributed by atoms with Gasteiger partial charge in [-0.15, -0.1) is 5.10 Å². The van der Waals surface area contributed by atoms with Gasteiger partial charge in [-0.05, 0) is 12.1 Å². The van der Waals surface area contributed by atoms with Crippen molar-refractivity contribution in [2.45, 2.75) is 32.7 Å². The zero-order valence-electron chi connectivity index (χ0n) is 10.6. The quantitative estimate of drug-likeness (QED) is 0.821. The summed E-state index contributed by atoms with van der Waals surface area (Å²) in [6, 6.07) is 3.82. The molecule has 0 radical (unpaired) electrons. The minimum absolute atomic E-state index is 0.00265. The fourth-order valence-electron chi connectivity index (χ4n) is 1.56. The van der Waals surface area contributed by atoms with Crippen LogP contribution in [-0.4, -0.2) is 15.0 Å². The molecule has 1 aromatic heterocycles. The highest BCUT2D eigenvalue weighted by Crippen LogP contribution is 2.19. The van der Waals surface area contributed by atoms with Gasteiger partial charge in [0.25, 0.3) is 0 Å². The maximum Gasteiger partial charge on any atom is 0.131 e. The molecule has 0 saturated heterocycles. The molecule has 18 heavy (non-hydrogen) atoms. The van der Waals surface area contributed by atoms with E-state index in [1.807, 2.05) is 20.8 Å². The lowest BCUT2D eigenvalue weighted by Crippen LogP contribution is -2.11. The molecular formula is C13H15F2N3. The average Bonchev–Trinajstić information content (AvgIpc) is 2.72. The molecule has 0 unspecified atom stereocenters. The molecule has 0 aliphatic heterocycles. The topological polar surface area (TPSA) is 30.7 Å². The van der Waals surface area contributed by atoms with Gasteiger partial charge in [-0.25, -0.2) is 13.5 Å². The summed E-state index contributed by atoms with van der Waals surface area (Å²) in [6.07, 6.45) is 1.71. The molecule has 0 aliphatic rings. The van der Waals surface area contributed by atoms with E-state index in [9.17, 15) is 8.78 Å².